The highest BCUT2D eigenvalue weighted by atomic mass is 32.2. The molecule has 1 saturated heterocycles. The molecule has 1 amide bonds. The van der Waals surface area contributed by atoms with E-state index in [1.54, 1.807) is 18.5 Å². The number of aryl methyl sites for hydroxylation is 1. The Morgan fingerprint density at radius 3 is 2.72 bits per heavy atom. The Bertz CT molecular complexity index is 1490. The number of benzene rings is 1. The number of hydrogen-bond donors (Lipinski definition) is 2. The van der Waals surface area contributed by atoms with Crippen LogP contribution >= 0.6 is 23.1 Å². The number of aromatic nitrogens is 2. The van der Waals surface area contributed by atoms with Gasteiger partial charge in [-0.15, -0.1) is 23.1 Å². The third-order valence-corrected chi connectivity index (χ3v) is 9.51. The summed E-state index contributed by atoms with van der Waals surface area (Å²) in [7, 11) is 0. The average molecular weight is 572 g/mol. The van der Waals surface area contributed by atoms with E-state index in [0.29, 0.717) is 22.6 Å². The van der Waals surface area contributed by atoms with Crippen LogP contribution in [0, 0.1) is 11.3 Å². The number of para-hydroxylation sites is 1. The van der Waals surface area contributed by atoms with Crippen LogP contribution in [0.5, 0.6) is 5.75 Å². The zero-order valence-corrected chi connectivity index (χ0v) is 23.5. The first-order valence-electron chi connectivity index (χ1n) is 12.5. The number of carbonyl (C=O) groups excluding carboxylic acids is 2. The topological polar surface area (TPSA) is 131 Å². The van der Waals surface area contributed by atoms with Gasteiger partial charge < -0.3 is 24.6 Å². The maximum atomic E-state index is 13.1. The minimum Gasteiger partial charge on any atom is -0.477 e. The summed E-state index contributed by atoms with van der Waals surface area (Å²) >= 11 is 2.87. The second-order valence-electron chi connectivity index (χ2n) is 9.84. The predicted octanol–water partition coefficient (Wildman–Crippen LogP) is 4.31. The first-order valence-corrected chi connectivity index (χ1v) is 14.6. The van der Waals surface area contributed by atoms with Crippen molar-refractivity contribution in [2.45, 2.75) is 50.8 Å². The number of hydrogen-bond acceptors (Lipinski definition) is 9. The number of β-lactam (4-membered cyclic amide) rings is 1. The van der Waals surface area contributed by atoms with E-state index in [2.05, 4.69) is 4.98 Å². The molecule has 3 aromatic rings. The fraction of sp³-hybridized carbons (Fsp3) is 0.407. The number of carboxylic acid groups (broad SMARTS) is 1. The largest absolute Gasteiger partial charge is 0.513 e. The number of carboxylic acids is 1. The van der Waals surface area contributed by atoms with Crippen LogP contribution < -0.4 is 4.74 Å². The number of ether oxygens (including phenoxy) is 2. The zero-order valence-electron chi connectivity index (χ0n) is 21.9. The predicted molar refractivity (Wildman–Crippen MR) is 146 cm³/mol. The summed E-state index contributed by atoms with van der Waals surface area (Å²) in [6, 6.07) is 6.59. The van der Waals surface area contributed by atoms with Crippen molar-refractivity contribution in [1.29, 1.82) is 0 Å². The van der Waals surface area contributed by atoms with Gasteiger partial charge in [-0.1, -0.05) is 32.0 Å². The van der Waals surface area contributed by atoms with E-state index in [9.17, 15) is 24.6 Å². The number of thioether (sulfide) groups is 1. The Kier molecular flexibility index (Phi) is 7.21. The van der Waals surface area contributed by atoms with Gasteiger partial charge >= 0.3 is 12.1 Å². The number of carbonyl (C=O) groups is 3. The fourth-order valence-electron chi connectivity index (χ4n) is 5.73. The van der Waals surface area contributed by atoms with Crippen molar-refractivity contribution < 1.29 is 34.1 Å². The number of fused-ring (bicyclic) bond motifs is 2. The fourth-order valence-corrected chi connectivity index (χ4v) is 7.69. The third kappa shape index (κ3) is 4.40. The molecule has 2 aliphatic rings. The third-order valence-electron chi connectivity index (χ3n) is 7.57. The monoisotopic (exact) mass is 571 g/mol. The van der Waals surface area contributed by atoms with Gasteiger partial charge in [0.25, 0.3) is 0 Å². The van der Waals surface area contributed by atoms with E-state index in [1.807, 2.05) is 42.8 Å². The normalized spacial score (nSPS) is 23.1. The molecule has 0 bridgehead atoms. The number of aliphatic hydroxyl groups is 1. The van der Waals surface area contributed by atoms with Crippen molar-refractivity contribution in [1.82, 2.24) is 14.3 Å². The van der Waals surface area contributed by atoms with Gasteiger partial charge in [0.2, 0.25) is 5.91 Å². The molecule has 39 heavy (non-hydrogen) atoms. The standard InChI is InChI=1S/C27H29N3O7S2/c1-5-15-8-6-7-9-16(15)37-26(35)36-11-10-27(3)19(17-12-29-13-28-22(38-4)24(29)39-17)20(25(33)34)30-21(27)18(14(2)31)23(30)32/h6-9,12-14,18,21,31H,5,10-11H2,1-4H3,(H,33,34)/t14?,18-,21-,27+/m1/s1. The molecule has 206 valence electrons. The van der Waals surface area contributed by atoms with Gasteiger partial charge in [0, 0.05) is 17.2 Å². The van der Waals surface area contributed by atoms with E-state index >= 15 is 0 Å². The molecule has 10 nitrogen and oxygen atoms in total. The van der Waals surface area contributed by atoms with Crippen molar-refractivity contribution >= 4 is 51.5 Å². The number of rotatable bonds is 9. The van der Waals surface area contributed by atoms with Gasteiger partial charge in [-0.05, 0) is 37.7 Å². The maximum Gasteiger partial charge on any atom is 0.513 e. The Hall–Kier alpha value is -3.35. The molecular formula is C27H29N3O7S2. The summed E-state index contributed by atoms with van der Waals surface area (Å²) in [6.07, 6.45) is 4.45. The summed E-state index contributed by atoms with van der Waals surface area (Å²) in [5.41, 5.74) is 0.309. The van der Waals surface area contributed by atoms with E-state index in [-0.39, 0.29) is 18.7 Å². The van der Waals surface area contributed by atoms with Crippen molar-refractivity contribution in [3.05, 3.63) is 52.9 Å². The van der Waals surface area contributed by atoms with Crippen LogP contribution in [0.25, 0.3) is 10.4 Å². The number of aliphatic carboxylic acids is 1. The smallest absolute Gasteiger partial charge is 0.477 e. The van der Waals surface area contributed by atoms with Gasteiger partial charge in [-0.3, -0.25) is 9.20 Å². The lowest BCUT2D eigenvalue weighted by Gasteiger charge is -2.50. The molecule has 1 unspecified atom stereocenters. The molecule has 2 aromatic heterocycles. The quantitative estimate of drug-likeness (QED) is 0.167. The Labute approximate surface area is 233 Å². The summed E-state index contributed by atoms with van der Waals surface area (Å²) in [6.45, 7) is 5.27. The highest BCUT2D eigenvalue weighted by Crippen LogP contribution is 2.60. The molecule has 4 heterocycles. The first kappa shape index (κ1) is 27.2. The lowest BCUT2D eigenvalue weighted by atomic mass is 9.66. The molecule has 1 aromatic carbocycles. The molecule has 12 heteroatoms. The summed E-state index contributed by atoms with van der Waals surface area (Å²) in [5.74, 6) is -2.02. The van der Waals surface area contributed by atoms with Crippen LogP contribution in [-0.2, 0) is 20.7 Å². The van der Waals surface area contributed by atoms with Crippen LogP contribution in [0.4, 0.5) is 4.79 Å². The minimum absolute atomic E-state index is 0.0764. The molecule has 2 aliphatic heterocycles. The molecule has 5 rings (SSSR count). The molecule has 0 saturated carbocycles. The molecule has 4 atom stereocenters. The lowest BCUT2D eigenvalue weighted by molar-refractivity contribution is -0.167. The highest BCUT2D eigenvalue weighted by molar-refractivity contribution is 7.98. The summed E-state index contributed by atoms with van der Waals surface area (Å²) in [5, 5.41) is 21.5. The zero-order chi connectivity index (χ0) is 28.1. The molecule has 0 spiro atoms. The van der Waals surface area contributed by atoms with Crippen LogP contribution in [0.15, 0.2) is 47.5 Å². The van der Waals surface area contributed by atoms with E-state index in [0.717, 1.165) is 15.4 Å². The van der Waals surface area contributed by atoms with Gasteiger partial charge in [0.1, 0.15) is 27.6 Å². The van der Waals surface area contributed by atoms with Crippen molar-refractivity contribution in [2.24, 2.45) is 11.3 Å². The highest BCUT2D eigenvalue weighted by Gasteiger charge is 2.66. The molecule has 0 aliphatic carbocycles. The summed E-state index contributed by atoms with van der Waals surface area (Å²) < 4.78 is 12.7. The van der Waals surface area contributed by atoms with Crippen molar-refractivity contribution in [2.75, 3.05) is 12.9 Å². The van der Waals surface area contributed by atoms with Crippen LogP contribution in [0.3, 0.4) is 0 Å². The average Bonchev–Trinajstić information content (AvgIpc) is 3.52. The van der Waals surface area contributed by atoms with Crippen molar-refractivity contribution in [3.63, 3.8) is 0 Å². The van der Waals surface area contributed by atoms with Gasteiger partial charge in [-0.2, -0.15) is 0 Å². The molecule has 2 N–H and O–H groups in total. The van der Waals surface area contributed by atoms with Gasteiger partial charge in [0.15, 0.2) is 0 Å². The first-order chi connectivity index (χ1) is 18.6. The second-order valence-corrected chi connectivity index (χ2v) is 11.7. The number of nitrogens with zero attached hydrogens (tertiary/aromatic N) is 3. The molecule has 1 fully saturated rings. The Morgan fingerprint density at radius 2 is 2.05 bits per heavy atom. The van der Waals surface area contributed by atoms with Gasteiger partial charge in [0.05, 0.1) is 29.5 Å². The second kappa shape index (κ2) is 10.3. The minimum atomic E-state index is -1.23. The van der Waals surface area contributed by atoms with Crippen LogP contribution in [-0.4, -0.2) is 67.5 Å². The number of amides is 1. The van der Waals surface area contributed by atoms with Crippen molar-refractivity contribution in [3.8, 4) is 5.75 Å². The maximum absolute atomic E-state index is 13.1. The van der Waals surface area contributed by atoms with Gasteiger partial charge in [-0.25, -0.2) is 14.6 Å². The SMILES string of the molecule is CCc1ccccc1OC(=O)OCC[C@@]1(C)C(c2cn3cnc(SC)c3s2)=C(C(=O)O)N2C(=O)[C@H](C(C)O)[C@@H]21. The van der Waals surface area contributed by atoms with E-state index in [1.165, 1.54) is 34.9 Å². The van der Waals surface area contributed by atoms with Crippen LogP contribution in [0.1, 0.15) is 37.6 Å². The van der Waals surface area contributed by atoms with E-state index in [4.69, 9.17) is 9.47 Å². The summed E-state index contributed by atoms with van der Waals surface area (Å²) in [4.78, 5) is 45.4. The Morgan fingerprint density at radius 1 is 1.31 bits per heavy atom. The lowest BCUT2D eigenvalue weighted by Crippen LogP contribution is -2.66. The number of imidazole rings is 1. The molecule has 0 radical (unpaired) electrons. The molecular weight excluding hydrogens is 542 g/mol. The number of aliphatic hydroxyl groups excluding tert-OH is 1. The van der Waals surface area contributed by atoms with E-state index < -0.39 is 41.5 Å². The van der Waals surface area contributed by atoms with Crippen LogP contribution in [0.2, 0.25) is 0 Å². The Balaban J connectivity index is 1.48. The number of thiazole rings is 1.